The maximum Gasteiger partial charge on any atom is 0.256 e. The summed E-state index contributed by atoms with van der Waals surface area (Å²) in [5, 5.41) is 3.04. The van der Waals surface area contributed by atoms with E-state index >= 15 is 0 Å². The van der Waals surface area contributed by atoms with Crippen molar-refractivity contribution in [1.82, 2.24) is 10.2 Å². The third kappa shape index (κ3) is 4.03. The monoisotopic (exact) mass is 372 g/mol. The molecular formula is C22H32N2O3. The van der Waals surface area contributed by atoms with Crippen molar-refractivity contribution in [3.05, 3.63) is 35.4 Å². The fourth-order valence-electron chi connectivity index (χ4n) is 4.14. The average molecular weight is 373 g/mol. The number of carbonyl (C=O) groups excluding carboxylic acids is 2. The summed E-state index contributed by atoms with van der Waals surface area (Å²) in [6, 6.07) is 7.10. The van der Waals surface area contributed by atoms with Gasteiger partial charge in [-0.25, -0.2) is 0 Å². The Hall–Kier alpha value is -1.88. The van der Waals surface area contributed by atoms with Crippen molar-refractivity contribution < 1.29 is 14.3 Å². The van der Waals surface area contributed by atoms with Gasteiger partial charge in [0.05, 0.1) is 6.61 Å². The van der Waals surface area contributed by atoms with Crippen LogP contribution < -0.4 is 5.32 Å². The first-order chi connectivity index (χ1) is 12.9. The van der Waals surface area contributed by atoms with Crippen molar-refractivity contribution in [1.29, 1.82) is 0 Å². The van der Waals surface area contributed by atoms with Gasteiger partial charge in [-0.05, 0) is 64.0 Å². The zero-order valence-electron chi connectivity index (χ0n) is 17.0. The van der Waals surface area contributed by atoms with Gasteiger partial charge < -0.3 is 10.1 Å². The minimum absolute atomic E-state index is 0.0800. The van der Waals surface area contributed by atoms with Crippen molar-refractivity contribution in [3.8, 4) is 0 Å². The van der Waals surface area contributed by atoms with Crippen molar-refractivity contribution in [2.24, 2.45) is 5.92 Å². The standard InChI is InChI=1S/C22H32N2O3/c1-5-17(4)23-20(25)19-14-27-22(11-9-15(2)10-12-22)24(19)21(26)18-8-6-7-16(3)13-18/h6-8,13,15,17,19H,5,9-12,14H2,1-4H3,(H,23,25). The van der Waals surface area contributed by atoms with Crippen LogP contribution in [0.4, 0.5) is 0 Å². The number of rotatable bonds is 4. The zero-order valence-corrected chi connectivity index (χ0v) is 17.0. The van der Waals surface area contributed by atoms with E-state index in [1.54, 1.807) is 4.90 Å². The molecule has 1 aliphatic heterocycles. The van der Waals surface area contributed by atoms with E-state index < -0.39 is 11.8 Å². The summed E-state index contributed by atoms with van der Waals surface area (Å²) in [5.41, 5.74) is 1.01. The lowest BCUT2D eigenvalue weighted by Crippen LogP contribution is -2.57. The van der Waals surface area contributed by atoms with Crippen LogP contribution in [-0.2, 0) is 9.53 Å². The third-order valence-corrected chi connectivity index (χ3v) is 6.10. The summed E-state index contributed by atoms with van der Waals surface area (Å²) < 4.78 is 6.21. The topological polar surface area (TPSA) is 58.6 Å². The summed E-state index contributed by atoms with van der Waals surface area (Å²) in [7, 11) is 0. The molecule has 1 N–H and O–H groups in total. The predicted octanol–water partition coefficient (Wildman–Crippen LogP) is 3.66. The molecule has 1 spiro atoms. The van der Waals surface area contributed by atoms with Crippen molar-refractivity contribution in [2.45, 2.75) is 77.6 Å². The smallest absolute Gasteiger partial charge is 0.256 e. The van der Waals surface area contributed by atoms with Gasteiger partial charge in [0.15, 0.2) is 0 Å². The van der Waals surface area contributed by atoms with Gasteiger partial charge in [0.2, 0.25) is 5.91 Å². The van der Waals surface area contributed by atoms with Gasteiger partial charge in [-0.2, -0.15) is 0 Å². The molecule has 2 aliphatic rings. The van der Waals surface area contributed by atoms with Gasteiger partial charge in [0.1, 0.15) is 11.8 Å². The second-order valence-electron chi connectivity index (χ2n) is 8.32. The molecule has 1 aliphatic carbocycles. The van der Waals surface area contributed by atoms with Crippen LogP contribution in [0.2, 0.25) is 0 Å². The first-order valence-corrected chi connectivity index (χ1v) is 10.2. The van der Waals surface area contributed by atoms with E-state index in [0.29, 0.717) is 11.5 Å². The van der Waals surface area contributed by atoms with Crippen LogP contribution in [0.15, 0.2) is 24.3 Å². The third-order valence-electron chi connectivity index (χ3n) is 6.10. The molecular weight excluding hydrogens is 340 g/mol. The molecule has 5 nitrogen and oxygen atoms in total. The highest BCUT2D eigenvalue weighted by Crippen LogP contribution is 2.43. The zero-order chi connectivity index (χ0) is 19.6. The molecule has 1 aromatic rings. The Bertz CT molecular complexity index is 695. The summed E-state index contributed by atoms with van der Waals surface area (Å²) in [6.07, 6.45) is 4.46. The Morgan fingerprint density at radius 3 is 2.67 bits per heavy atom. The molecule has 1 aromatic carbocycles. The van der Waals surface area contributed by atoms with Crippen molar-refractivity contribution >= 4 is 11.8 Å². The molecule has 0 aromatic heterocycles. The van der Waals surface area contributed by atoms with Gasteiger partial charge in [0, 0.05) is 11.6 Å². The van der Waals surface area contributed by atoms with Gasteiger partial charge in [-0.3, -0.25) is 14.5 Å². The van der Waals surface area contributed by atoms with Gasteiger partial charge in [-0.1, -0.05) is 31.5 Å². The lowest BCUT2D eigenvalue weighted by atomic mass is 9.83. The highest BCUT2D eigenvalue weighted by Gasteiger charge is 2.53. The second-order valence-corrected chi connectivity index (χ2v) is 8.32. The average Bonchev–Trinajstić information content (AvgIpc) is 3.02. The largest absolute Gasteiger partial charge is 0.353 e. The summed E-state index contributed by atoms with van der Waals surface area (Å²) >= 11 is 0. The van der Waals surface area contributed by atoms with Crippen LogP contribution in [-0.4, -0.2) is 41.1 Å². The van der Waals surface area contributed by atoms with E-state index in [2.05, 4.69) is 12.2 Å². The molecule has 0 bridgehead atoms. The Balaban J connectivity index is 1.92. The maximum absolute atomic E-state index is 13.5. The summed E-state index contributed by atoms with van der Waals surface area (Å²) in [4.78, 5) is 28.2. The van der Waals surface area contributed by atoms with Crippen LogP contribution in [0.25, 0.3) is 0 Å². The molecule has 2 atom stereocenters. The molecule has 0 radical (unpaired) electrons. The van der Waals surface area contributed by atoms with E-state index in [-0.39, 0.29) is 24.5 Å². The first-order valence-electron chi connectivity index (χ1n) is 10.2. The molecule has 27 heavy (non-hydrogen) atoms. The van der Waals surface area contributed by atoms with E-state index in [4.69, 9.17) is 4.74 Å². The number of nitrogens with zero attached hydrogens (tertiary/aromatic N) is 1. The molecule has 2 unspecified atom stereocenters. The lowest BCUT2D eigenvalue weighted by molar-refractivity contribution is -0.128. The number of hydrogen-bond donors (Lipinski definition) is 1. The second kappa shape index (κ2) is 8.01. The molecule has 5 heteroatoms. The fourth-order valence-corrected chi connectivity index (χ4v) is 4.14. The molecule has 1 saturated carbocycles. The predicted molar refractivity (Wildman–Crippen MR) is 105 cm³/mol. The molecule has 2 fully saturated rings. The number of benzene rings is 1. The number of carbonyl (C=O) groups is 2. The van der Waals surface area contributed by atoms with Crippen LogP contribution in [0.3, 0.4) is 0 Å². The normalized spacial score (nSPS) is 29.0. The van der Waals surface area contributed by atoms with Crippen LogP contribution >= 0.6 is 0 Å². The number of hydrogen-bond acceptors (Lipinski definition) is 3. The Morgan fingerprint density at radius 1 is 1.33 bits per heavy atom. The SMILES string of the molecule is CCC(C)NC(=O)C1COC2(CCC(C)CC2)N1C(=O)c1cccc(C)c1. The Morgan fingerprint density at radius 2 is 2.04 bits per heavy atom. The van der Waals surface area contributed by atoms with E-state index in [0.717, 1.165) is 37.7 Å². The maximum atomic E-state index is 13.5. The summed E-state index contributed by atoms with van der Waals surface area (Å²) in [5.74, 6) is 0.416. The van der Waals surface area contributed by atoms with Crippen LogP contribution in [0.5, 0.6) is 0 Å². The number of nitrogens with one attached hydrogen (secondary N) is 1. The minimum Gasteiger partial charge on any atom is -0.353 e. The number of ether oxygens (including phenoxy) is 1. The van der Waals surface area contributed by atoms with Crippen molar-refractivity contribution in [2.75, 3.05) is 6.61 Å². The lowest BCUT2D eigenvalue weighted by Gasteiger charge is -2.43. The van der Waals surface area contributed by atoms with E-state index in [1.165, 1.54) is 0 Å². The van der Waals surface area contributed by atoms with Gasteiger partial charge >= 0.3 is 0 Å². The Kier molecular flexibility index (Phi) is 5.89. The highest BCUT2D eigenvalue weighted by molar-refractivity contribution is 5.98. The number of amides is 2. The minimum atomic E-state index is -0.648. The molecule has 1 heterocycles. The number of aryl methyl sites for hydroxylation is 1. The molecule has 3 rings (SSSR count). The Labute approximate surface area is 162 Å². The van der Waals surface area contributed by atoms with E-state index in [9.17, 15) is 9.59 Å². The van der Waals surface area contributed by atoms with E-state index in [1.807, 2.05) is 45.0 Å². The van der Waals surface area contributed by atoms with Gasteiger partial charge in [0.25, 0.3) is 5.91 Å². The first kappa shape index (κ1) is 19.9. The highest BCUT2D eigenvalue weighted by atomic mass is 16.5. The van der Waals surface area contributed by atoms with Crippen LogP contribution in [0, 0.1) is 12.8 Å². The summed E-state index contributed by atoms with van der Waals surface area (Å²) in [6.45, 7) is 8.51. The fraction of sp³-hybridized carbons (Fsp3) is 0.636. The molecule has 1 saturated heterocycles. The van der Waals surface area contributed by atoms with Gasteiger partial charge in [-0.15, -0.1) is 0 Å². The molecule has 2 amide bonds. The van der Waals surface area contributed by atoms with Crippen molar-refractivity contribution in [3.63, 3.8) is 0 Å². The molecule has 148 valence electrons. The quantitative estimate of drug-likeness (QED) is 0.877. The van der Waals surface area contributed by atoms with Crippen LogP contribution in [0.1, 0.15) is 68.8 Å².